The second-order valence-corrected chi connectivity index (χ2v) is 27.5. The molecule has 11 aromatic carbocycles. The van der Waals surface area contributed by atoms with Gasteiger partial charge in [-0.2, -0.15) is 0 Å². The van der Waals surface area contributed by atoms with Crippen molar-refractivity contribution < 1.29 is 0 Å². The predicted molar refractivity (Wildman–Crippen MR) is 326 cm³/mol. The summed E-state index contributed by atoms with van der Waals surface area (Å²) < 4.78 is 2.40. The molecular weight excluding hydrogens is 967 g/mol. The number of benzene rings is 11. The molecule has 2 aliphatic rings. The summed E-state index contributed by atoms with van der Waals surface area (Å²) in [6, 6.07) is 108. The number of fused-ring (bicyclic) bond motifs is 7. The van der Waals surface area contributed by atoms with Gasteiger partial charge >= 0.3 is 0 Å². The molecule has 13 aromatic rings. The maximum Gasteiger partial charge on any atom is 0.184 e. The van der Waals surface area contributed by atoms with Crippen LogP contribution in [0.1, 0.15) is 0 Å². The van der Waals surface area contributed by atoms with Crippen LogP contribution < -0.4 is 51.3 Å². The summed E-state index contributed by atoms with van der Waals surface area (Å²) in [5.41, 5.74) is 10.1. The molecular formula is C70H49N5Si2. The van der Waals surface area contributed by atoms with E-state index in [2.05, 4.69) is 306 Å². The Morgan fingerprint density at radius 2 is 0.675 bits per heavy atom. The lowest BCUT2D eigenvalue weighted by Gasteiger charge is -2.45. The first-order valence-electron chi connectivity index (χ1n) is 26.4. The third-order valence-electron chi connectivity index (χ3n) is 16.2. The van der Waals surface area contributed by atoms with Crippen LogP contribution >= 0.6 is 0 Å². The topological polar surface area (TPSA) is 37.2 Å². The monoisotopic (exact) mass is 1020 g/mol. The molecule has 0 saturated heterocycles. The van der Waals surface area contributed by atoms with Crippen LogP contribution in [0.15, 0.2) is 297 Å². The number of rotatable bonds is 8. The van der Waals surface area contributed by atoms with Gasteiger partial charge in [-0.05, 0) is 120 Å². The van der Waals surface area contributed by atoms with Crippen molar-refractivity contribution in [2.75, 3.05) is 9.80 Å². The molecule has 0 fully saturated rings. The first kappa shape index (κ1) is 44.8. The normalized spacial score (nSPS) is 13.9. The van der Waals surface area contributed by atoms with Crippen LogP contribution in [0.25, 0.3) is 38.9 Å². The Kier molecular flexibility index (Phi) is 10.5. The van der Waals surface area contributed by atoms with Crippen molar-refractivity contribution in [3.63, 3.8) is 0 Å². The molecule has 2 aromatic heterocycles. The van der Waals surface area contributed by atoms with Gasteiger partial charge in [0.2, 0.25) is 0 Å². The van der Waals surface area contributed by atoms with Gasteiger partial charge in [-0.25, -0.2) is 9.97 Å². The van der Waals surface area contributed by atoms with Gasteiger partial charge in [0.25, 0.3) is 0 Å². The van der Waals surface area contributed by atoms with E-state index in [4.69, 9.17) is 9.97 Å². The molecule has 5 nitrogen and oxygen atoms in total. The third-order valence-corrected chi connectivity index (χ3v) is 25.9. The molecule has 0 N–H and O–H groups in total. The van der Waals surface area contributed by atoms with Gasteiger partial charge < -0.3 is 9.47 Å². The molecule has 0 saturated carbocycles. The number of anilines is 6. The Bertz CT molecular complexity index is 4180. The highest BCUT2D eigenvalue weighted by atomic mass is 28.3. The van der Waals surface area contributed by atoms with E-state index in [1.807, 2.05) is 6.20 Å². The van der Waals surface area contributed by atoms with Gasteiger partial charge in [0.15, 0.2) is 22.0 Å². The number of para-hydroxylation sites is 5. The van der Waals surface area contributed by atoms with Gasteiger partial charge in [-0.15, -0.1) is 0 Å². The van der Waals surface area contributed by atoms with Crippen molar-refractivity contribution in [1.82, 2.24) is 14.5 Å². The fraction of sp³-hybridized carbons (Fsp3) is 0. The summed E-state index contributed by atoms with van der Waals surface area (Å²) in [5.74, 6) is 1.49. The van der Waals surface area contributed by atoms with Gasteiger partial charge in [0.05, 0.1) is 11.0 Å². The molecule has 0 radical (unpaired) electrons. The lowest BCUT2D eigenvalue weighted by atomic mass is 10.1. The fourth-order valence-electron chi connectivity index (χ4n) is 13.1. The molecule has 4 heterocycles. The van der Waals surface area contributed by atoms with E-state index in [-0.39, 0.29) is 0 Å². The van der Waals surface area contributed by atoms with Crippen LogP contribution in [0, 0.1) is 0 Å². The minimum Gasteiger partial charge on any atom is -0.311 e. The highest BCUT2D eigenvalue weighted by Gasteiger charge is 2.50. The smallest absolute Gasteiger partial charge is 0.184 e. The van der Waals surface area contributed by atoms with Crippen molar-refractivity contribution in [2.24, 2.45) is 0 Å². The second-order valence-electron chi connectivity index (χ2n) is 20.0. The zero-order valence-electron chi connectivity index (χ0n) is 42.0. The standard InChI is InChI=1S/C70H49N5Si2/c1-6-24-51(25-7-1)73-59-44-42-50(70-71-47-46-69(72-70)75-63-36-18-22-40-67(63)77(55-30-12-4-13-31-55,56-32-14-5-15-33-56)68-41-23-19-37-64(68)75)48-57(59)58-49-52(43-45-60(58)73)74-61-34-16-20-38-65(61)76(53-26-8-2-9-27-53,54-28-10-3-11-29-54)66-39-21-17-35-62(66)74/h1-49H. The second kappa shape index (κ2) is 18.0. The zero-order valence-corrected chi connectivity index (χ0v) is 44.0. The summed E-state index contributed by atoms with van der Waals surface area (Å²) in [7, 11) is -5.58. The molecule has 0 atom stereocenters. The van der Waals surface area contributed by atoms with Crippen LogP contribution in [-0.2, 0) is 0 Å². The van der Waals surface area contributed by atoms with Crippen LogP contribution in [0.5, 0.6) is 0 Å². The van der Waals surface area contributed by atoms with Crippen molar-refractivity contribution in [2.45, 2.75) is 0 Å². The lowest BCUT2D eigenvalue weighted by Crippen LogP contribution is -2.77. The Morgan fingerprint density at radius 3 is 1.13 bits per heavy atom. The molecule has 15 rings (SSSR count). The van der Waals surface area contributed by atoms with Gasteiger partial charge in [-0.3, -0.25) is 4.90 Å². The van der Waals surface area contributed by atoms with Crippen LogP contribution in [0.3, 0.4) is 0 Å². The Morgan fingerprint density at radius 1 is 0.299 bits per heavy atom. The molecule has 0 aliphatic carbocycles. The van der Waals surface area contributed by atoms with E-state index in [0.29, 0.717) is 5.82 Å². The lowest BCUT2D eigenvalue weighted by molar-refractivity contribution is 1.12. The average molecular weight is 1020 g/mol. The first-order valence-corrected chi connectivity index (χ1v) is 30.4. The first-order chi connectivity index (χ1) is 38.2. The van der Waals surface area contributed by atoms with Crippen molar-refractivity contribution in [3.8, 4) is 17.1 Å². The number of hydrogen-bond donors (Lipinski definition) is 0. The maximum atomic E-state index is 5.53. The molecule has 7 heteroatoms. The molecule has 0 amide bonds. The van der Waals surface area contributed by atoms with E-state index in [1.54, 1.807) is 0 Å². The quantitative estimate of drug-likeness (QED) is 0.142. The number of hydrogen-bond acceptors (Lipinski definition) is 4. The third kappa shape index (κ3) is 6.71. The summed E-state index contributed by atoms with van der Waals surface area (Å²) in [5, 5.41) is 13.1. The fourth-order valence-corrected chi connectivity index (χ4v) is 23.3. The van der Waals surface area contributed by atoms with E-state index in [0.717, 1.165) is 55.9 Å². The van der Waals surface area contributed by atoms with E-state index in [9.17, 15) is 0 Å². The van der Waals surface area contributed by atoms with Crippen molar-refractivity contribution >= 4 is 114 Å². The molecule has 77 heavy (non-hydrogen) atoms. The van der Waals surface area contributed by atoms with Crippen molar-refractivity contribution in [1.29, 1.82) is 0 Å². The Hall–Kier alpha value is -9.67. The van der Waals surface area contributed by atoms with Crippen LogP contribution in [0.4, 0.5) is 34.3 Å². The SMILES string of the molecule is c1ccc(-n2c3ccc(-c4nccc(N5c6ccccc6[Si](c6ccccc6)(c6ccccc6)c6ccccc65)n4)cc3c3cc(N4c5ccccc5[Si](c5ccccc5)(c5ccccc5)c5ccccc54)ccc32)cc1. The molecule has 362 valence electrons. The predicted octanol–water partition coefficient (Wildman–Crippen LogP) is 11.6. The highest BCUT2D eigenvalue weighted by Crippen LogP contribution is 2.43. The zero-order chi connectivity index (χ0) is 50.9. The van der Waals surface area contributed by atoms with Crippen molar-refractivity contribution in [3.05, 3.63) is 297 Å². The van der Waals surface area contributed by atoms with Gasteiger partial charge in [0.1, 0.15) is 5.82 Å². The summed E-state index contributed by atoms with van der Waals surface area (Å²) in [6.45, 7) is 0. The number of nitrogens with zero attached hydrogens (tertiary/aromatic N) is 5. The Labute approximate surface area is 449 Å². The summed E-state index contributed by atoms with van der Waals surface area (Å²) in [6.07, 6.45) is 1.92. The molecule has 2 aliphatic heterocycles. The summed E-state index contributed by atoms with van der Waals surface area (Å²) >= 11 is 0. The molecule has 0 unspecified atom stereocenters. The number of aromatic nitrogens is 3. The summed E-state index contributed by atoms with van der Waals surface area (Å²) in [4.78, 5) is 15.5. The minimum atomic E-state index is -2.79. The molecule has 0 bridgehead atoms. The van der Waals surface area contributed by atoms with E-state index >= 15 is 0 Å². The van der Waals surface area contributed by atoms with E-state index < -0.39 is 16.1 Å². The molecule has 0 spiro atoms. The van der Waals surface area contributed by atoms with Crippen LogP contribution in [0.2, 0.25) is 0 Å². The Balaban J connectivity index is 0.910. The average Bonchev–Trinajstić information content (AvgIpc) is 3.84. The largest absolute Gasteiger partial charge is 0.311 e. The highest BCUT2D eigenvalue weighted by molar-refractivity contribution is 7.22. The van der Waals surface area contributed by atoms with Gasteiger partial charge in [-0.1, -0.05) is 212 Å². The van der Waals surface area contributed by atoms with Gasteiger partial charge in [0, 0.05) is 56.7 Å². The van der Waals surface area contributed by atoms with Crippen LogP contribution in [-0.4, -0.2) is 30.7 Å². The van der Waals surface area contributed by atoms with E-state index in [1.165, 1.54) is 52.9 Å². The minimum absolute atomic E-state index is 0.665. The maximum absolute atomic E-state index is 5.53.